The summed E-state index contributed by atoms with van der Waals surface area (Å²) >= 11 is 1.91. The van der Waals surface area contributed by atoms with Gasteiger partial charge < -0.3 is 10.3 Å². The molecule has 0 radical (unpaired) electrons. The Morgan fingerprint density at radius 1 is 1.10 bits per heavy atom. The number of benzene rings is 1. The summed E-state index contributed by atoms with van der Waals surface area (Å²) in [5, 5.41) is 1.30. The van der Waals surface area contributed by atoms with E-state index in [0.717, 1.165) is 19.4 Å². The summed E-state index contributed by atoms with van der Waals surface area (Å²) in [5.41, 5.74) is 8.28. The van der Waals surface area contributed by atoms with Gasteiger partial charge in [0.15, 0.2) is 0 Å². The van der Waals surface area contributed by atoms with Crippen molar-refractivity contribution in [2.24, 2.45) is 5.73 Å². The van der Waals surface area contributed by atoms with Gasteiger partial charge in [-0.05, 0) is 54.6 Å². The SMILES string of the molecule is CCc1ccc(Cn2ccc3ccc(CCN)cc32)s1. The summed E-state index contributed by atoms with van der Waals surface area (Å²) in [4.78, 5) is 2.88. The number of thiophene rings is 1. The average Bonchev–Trinajstić information content (AvgIpc) is 3.07. The minimum absolute atomic E-state index is 0.705. The normalized spacial score (nSPS) is 11.3. The second kappa shape index (κ2) is 5.81. The molecule has 3 rings (SSSR count). The van der Waals surface area contributed by atoms with Crippen LogP contribution < -0.4 is 5.73 Å². The first-order valence-electron chi connectivity index (χ1n) is 7.15. The molecule has 104 valence electrons. The zero-order valence-electron chi connectivity index (χ0n) is 11.8. The van der Waals surface area contributed by atoms with E-state index < -0.39 is 0 Å². The maximum absolute atomic E-state index is 5.65. The highest BCUT2D eigenvalue weighted by Gasteiger charge is 2.05. The molecule has 0 bridgehead atoms. The fourth-order valence-corrected chi connectivity index (χ4v) is 3.51. The highest BCUT2D eigenvalue weighted by molar-refractivity contribution is 7.11. The van der Waals surface area contributed by atoms with Gasteiger partial charge in [0.1, 0.15) is 0 Å². The van der Waals surface area contributed by atoms with E-state index in [4.69, 9.17) is 5.73 Å². The van der Waals surface area contributed by atoms with Crippen molar-refractivity contribution < 1.29 is 0 Å². The Morgan fingerprint density at radius 2 is 1.95 bits per heavy atom. The quantitative estimate of drug-likeness (QED) is 0.759. The van der Waals surface area contributed by atoms with Gasteiger partial charge >= 0.3 is 0 Å². The summed E-state index contributed by atoms with van der Waals surface area (Å²) in [6, 6.07) is 13.3. The molecule has 0 unspecified atom stereocenters. The second-order valence-electron chi connectivity index (χ2n) is 5.10. The van der Waals surface area contributed by atoms with Gasteiger partial charge in [-0.3, -0.25) is 0 Å². The first-order valence-corrected chi connectivity index (χ1v) is 7.97. The summed E-state index contributed by atoms with van der Waals surface area (Å²) < 4.78 is 2.33. The Balaban J connectivity index is 1.92. The Hall–Kier alpha value is -1.58. The highest BCUT2D eigenvalue weighted by atomic mass is 32.1. The van der Waals surface area contributed by atoms with E-state index >= 15 is 0 Å². The topological polar surface area (TPSA) is 30.9 Å². The van der Waals surface area contributed by atoms with Gasteiger partial charge in [-0.25, -0.2) is 0 Å². The molecule has 0 saturated carbocycles. The van der Waals surface area contributed by atoms with E-state index in [0.29, 0.717) is 6.54 Å². The van der Waals surface area contributed by atoms with Crippen LogP contribution in [0.3, 0.4) is 0 Å². The number of nitrogens with two attached hydrogens (primary N) is 1. The number of nitrogens with zero attached hydrogens (tertiary/aromatic N) is 1. The van der Waals surface area contributed by atoms with Crippen molar-refractivity contribution in [3.05, 3.63) is 57.9 Å². The minimum Gasteiger partial charge on any atom is -0.342 e. The Morgan fingerprint density at radius 3 is 2.70 bits per heavy atom. The van der Waals surface area contributed by atoms with Crippen LogP contribution in [0.2, 0.25) is 0 Å². The van der Waals surface area contributed by atoms with E-state index in [1.54, 1.807) is 0 Å². The van der Waals surface area contributed by atoms with Crippen molar-refractivity contribution in [2.45, 2.75) is 26.3 Å². The third-order valence-corrected chi connectivity index (χ3v) is 4.88. The van der Waals surface area contributed by atoms with E-state index in [2.05, 4.69) is 54.1 Å². The molecule has 0 amide bonds. The van der Waals surface area contributed by atoms with Crippen molar-refractivity contribution >= 4 is 22.2 Å². The van der Waals surface area contributed by atoms with Crippen molar-refractivity contribution in [3.8, 4) is 0 Å². The molecule has 0 aliphatic heterocycles. The van der Waals surface area contributed by atoms with Gasteiger partial charge in [-0.1, -0.05) is 19.1 Å². The molecular weight excluding hydrogens is 264 g/mol. The van der Waals surface area contributed by atoms with Gasteiger partial charge in [-0.15, -0.1) is 11.3 Å². The molecule has 2 aromatic heterocycles. The number of fused-ring (bicyclic) bond motifs is 1. The van der Waals surface area contributed by atoms with E-state index in [1.807, 2.05) is 11.3 Å². The Bertz CT molecular complexity index is 709. The monoisotopic (exact) mass is 284 g/mol. The smallest absolute Gasteiger partial charge is 0.0569 e. The molecule has 3 heteroatoms. The lowest BCUT2D eigenvalue weighted by molar-refractivity contribution is 0.850. The molecule has 20 heavy (non-hydrogen) atoms. The van der Waals surface area contributed by atoms with Crippen LogP contribution >= 0.6 is 11.3 Å². The molecule has 2 nitrogen and oxygen atoms in total. The number of hydrogen-bond donors (Lipinski definition) is 1. The number of aromatic nitrogens is 1. The lowest BCUT2D eigenvalue weighted by Gasteiger charge is -2.05. The van der Waals surface area contributed by atoms with Crippen LogP contribution in [-0.4, -0.2) is 11.1 Å². The number of rotatable bonds is 5. The summed E-state index contributed by atoms with van der Waals surface area (Å²) in [6.45, 7) is 3.87. The van der Waals surface area contributed by atoms with Crippen LogP contribution in [0.25, 0.3) is 10.9 Å². The van der Waals surface area contributed by atoms with Crippen molar-refractivity contribution in [1.82, 2.24) is 4.57 Å². The second-order valence-corrected chi connectivity index (χ2v) is 6.35. The first kappa shape index (κ1) is 13.4. The van der Waals surface area contributed by atoms with Crippen LogP contribution in [-0.2, 0) is 19.4 Å². The van der Waals surface area contributed by atoms with Gasteiger partial charge in [0.2, 0.25) is 0 Å². The van der Waals surface area contributed by atoms with Gasteiger partial charge in [0.05, 0.1) is 6.54 Å². The third-order valence-electron chi connectivity index (χ3n) is 3.66. The summed E-state index contributed by atoms with van der Waals surface area (Å²) in [7, 11) is 0. The highest BCUT2D eigenvalue weighted by Crippen LogP contribution is 2.22. The first-order chi connectivity index (χ1) is 9.80. The number of hydrogen-bond acceptors (Lipinski definition) is 2. The van der Waals surface area contributed by atoms with Crippen LogP contribution in [0.15, 0.2) is 42.6 Å². The van der Waals surface area contributed by atoms with Crippen molar-refractivity contribution in [3.63, 3.8) is 0 Å². The molecular formula is C17H20N2S. The van der Waals surface area contributed by atoms with Gasteiger partial charge in [0.25, 0.3) is 0 Å². The fourth-order valence-electron chi connectivity index (χ4n) is 2.55. The lowest BCUT2D eigenvalue weighted by Crippen LogP contribution is -2.03. The molecule has 0 saturated heterocycles. The molecule has 0 aliphatic carbocycles. The Labute approximate surface area is 123 Å². The van der Waals surface area contributed by atoms with Crippen LogP contribution in [0.1, 0.15) is 22.2 Å². The zero-order valence-corrected chi connectivity index (χ0v) is 12.6. The molecule has 0 spiro atoms. The molecule has 0 aliphatic rings. The van der Waals surface area contributed by atoms with E-state index in [1.165, 1.54) is 26.2 Å². The van der Waals surface area contributed by atoms with Crippen LogP contribution in [0.4, 0.5) is 0 Å². The average molecular weight is 284 g/mol. The van der Waals surface area contributed by atoms with E-state index in [9.17, 15) is 0 Å². The summed E-state index contributed by atoms with van der Waals surface area (Å²) in [5.74, 6) is 0. The maximum atomic E-state index is 5.65. The molecule has 2 N–H and O–H groups in total. The van der Waals surface area contributed by atoms with Gasteiger partial charge in [0, 0.05) is 21.5 Å². The van der Waals surface area contributed by atoms with Crippen molar-refractivity contribution in [2.75, 3.05) is 6.54 Å². The Kier molecular flexibility index (Phi) is 3.90. The largest absolute Gasteiger partial charge is 0.342 e. The zero-order chi connectivity index (χ0) is 13.9. The predicted octanol–water partition coefficient (Wildman–Crippen LogP) is 3.81. The molecule has 2 heterocycles. The molecule has 0 fully saturated rings. The minimum atomic E-state index is 0.705. The standard InChI is InChI=1S/C17H20N2S/c1-2-15-5-6-16(20-15)12-19-10-8-14-4-3-13(7-9-18)11-17(14)19/h3-6,8,10-11H,2,7,9,12,18H2,1H3. The number of aryl methyl sites for hydroxylation is 1. The lowest BCUT2D eigenvalue weighted by atomic mass is 10.1. The third kappa shape index (κ3) is 2.65. The van der Waals surface area contributed by atoms with Crippen LogP contribution in [0, 0.1) is 0 Å². The maximum Gasteiger partial charge on any atom is 0.0569 e. The van der Waals surface area contributed by atoms with Gasteiger partial charge in [-0.2, -0.15) is 0 Å². The van der Waals surface area contributed by atoms with Crippen molar-refractivity contribution in [1.29, 1.82) is 0 Å². The predicted molar refractivity (Wildman–Crippen MR) is 87.5 cm³/mol. The molecule has 0 atom stereocenters. The van der Waals surface area contributed by atoms with E-state index in [-0.39, 0.29) is 0 Å². The van der Waals surface area contributed by atoms with Crippen LogP contribution in [0.5, 0.6) is 0 Å². The molecule has 1 aromatic carbocycles. The summed E-state index contributed by atoms with van der Waals surface area (Å²) in [6.07, 6.45) is 4.25. The molecule has 3 aromatic rings. The fraction of sp³-hybridized carbons (Fsp3) is 0.294.